The number of aryl methyl sites for hydroxylation is 1. The molecule has 0 saturated carbocycles. The first-order valence-corrected chi connectivity index (χ1v) is 4.40. The number of hydrogen-bond donors (Lipinski definition) is 0. The summed E-state index contributed by atoms with van der Waals surface area (Å²) in [5.74, 6) is 0. The van der Waals surface area contributed by atoms with Crippen LogP contribution in [0.2, 0.25) is 0 Å². The SMILES string of the molecule is [Li][C]1(C)C=Cc2c(C)cccc21. The zero-order valence-corrected chi connectivity index (χ0v) is 7.89. The Balaban J connectivity index is 2.68. The molecule has 0 N–H and O–H groups in total. The van der Waals surface area contributed by atoms with Gasteiger partial charge in [0, 0.05) is 0 Å². The van der Waals surface area contributed by atoms with Crippen molar-refractivity contribution in [2.75, 3.05) is 0 Å². The maximum atomic E-state index is 2.28. The number of hydrogen-bond acceptors (Lipinski definition) is 0. The quantitative estimate of drug-likeness (QED) is 0.498. The molecule has 0 fully saturated rings. The molecule has 0 spiro atoms. The van der Waals surface area contributed by atoms with Crippen LogP contribution in [-0.2, 0) is 4.09 Å². The molecule has 1 atom stereocenters. The fourth-order valence-corrected chi connectivity index (χ4v) is 1.85. The van der Waals surface area contributed by atoms with Crippen LogP contribution in [0.25, 0.3) is 6.08 Å². The van der Waals surface area contributed by atoms with Crippen LogP contribution in [0.15, 0.2) is 24.3 Å². The molecule has 1 unspecified atom stereocenters. The molecule has 0 bridgehead atoms. The van der Waals surface area contributed by atoms with Gasteiger partial charge in [-0.2, -0.15) is 0 Å². The molecule has 0 nitrogen and oxygen atoms in total. The van der Waals surface area contributed by atoms with Crippen molar-refractivity contribution >= 4 is 23.8 Å². The summed E-state index contributed by atoms with van der Waals surface area (Å²) in [6, 6.07) is 6.54. The molecule has 12 heavy (non-hydrogen) atoms. The summed E-state index contributed by atoms with van der Waals surface area (Å²) < 4.78 is 0.237. The van der Waals surface area contributed by atoms with Crippen molar-refractivity contribution in [2.45, 2.75) is 17.9 Å². The average Bonchev–Trinajstić information content (AvgIpc) is 2.30. The standard InChI is InChI=1S/C11H11.Li/c1-8-4-3-5-10-9(2)6-7-11(8)10;/h3-7H,1-2H3;. The molecule has 1 aliphatic carbocycles. The van der Waals surface area contributed by atoms with Crippen LogP contribution in [0.1, 0.15) is 23.6 Å². The van der Waals surface area contributed by atoms with Crippen molar-refractivity contribution in [1.29, 1.82) is 0 Å². The van der Waals surface area contributed by atoms with Gasteiger partial charge in [0.15, 0.2) is 0 Å². The van der Waals surface area contributed by atoms with E-state index in [1.807, 2.05) is 0 Å². The minimum atomic E-state index is 0.237. The molecule has 0 amide bonds. The third kappa shape index (κ3) is 1.07. The summed E-state index contributed by atoms with van der Waals surface area (Å²) in [4.78, 5) is 0. The van der Waals surface area contributed by atoms with E-state index in [2.05, 4.69) is 61.9 Å². The first-order valence-electron chi connectivity index (χ1n) is 4.40. The van der Waals surface area contributed by atoms with Crippen molar-refractivity contribution in [3.05, 3.63) is 41.0 Å². The number of benzene rings is 1. The van der Waals surface area contributed by atoms with E-state index >= 15 is 0 Å². The summed E-state index contributed by atoms with van der Waals surface area (Å²) in [6.45, 7) is 4.43. The van der Waals surface area contributed by atoms with Gasteiger partial charge in [-0.05, 0) is 0 Å². The second-order valence-electron chi connectivity index (χ2n) is 4.09. The Bertz CT molecular complexity index is 348. The van der Waals surface area contributed by atoms with Gasteiger partial charge in [-0.3, -0.25) is 0 Å². The van der Waals surface area contributed by atoms with E-state index in [1.165, 1.54) is 16.7 Å². The molecule has 1 aliphatic rings. The second kappa shape index (κ2) is 2.52. The van der Waals surface area contributed by atoms with Crippen LogP contribution in [-0.4, -0.2) is 17.7 Å². The Morgan fingerprint density at radius 1 is 1.33 bits per heavy atom. The molecule has 0 radical (unpaired) electrons. The van der Waals surface area contributed by atoms with Gasteiger partial charge in [-0.25, -0.2) is 0 Å². The van der Waals surface area contributed by atoms with Crippen LogP contribution in [0, 0.1) is 6.92 Å². The van der Waals surface area contributed by atoms with Crippen molar-refractivity contribution in [1.82, 2.24) is 0 Å². The van der Waals surface area contributed by atoms with Crippen LogP contribution < -0.4 is 0 Å². The number of allylic oxidation sites excluding steroid dienone is 1. The normalized spacial score (nSPS) is 26.0. The topological polar surface area (TPSA) is 0 Å². The van der Waals surface area contributed by atoms with Crippen LogP contribution >= 0.6 is 0 Å². The van der Waals surface area contributed by atoms with Gasteiger partial charge in [0.2, 0.25) is 0 Å². The maximum absolute atomic E-state index is 2.28. The summed E-state index contributed by atoms with van der Waals surface area (Å²) >= 11 is 2.26. The Morgan fingerprint density at radius 2 is 2.08 bits per heavy atom. The van der Waals surface area contributed by atoms with E-state index in [-0.39, 0.29) is 4.09 Å². The van der Waals surface area contributed by atoms with Crippen LogP contribution in [0.5, 0.6) is 0 Å². The monoisotopic (exact) mass is 150 g/mol. The predicted molar refractivity (Wildman–Crippen MR) is 53.3 cm³/mol. The molecular formula is C11H11Li. The number of fused-ring (bicyclic) bond motifs is 1. The van der Waals surface area contributed by atoms with Gasteiger partial charge in [-0.15, -0.1) is 0 Å². The van der Waals surface area contributed by atoms with Gasteiger partial charge in [-0.1, -0.05) is 0 Å². The fraction of sp³-hybridized carbons (Fsp3) is 0.273. The summed E-state index contributed by atoms with van der Waals surface area (Å²) in [5.41, 5.74) is 4.26. The van der Waals surface area contributed by atoms with Crippen LogP contribution in [0.4, 0.5) is 0 Å². The van der Waals surface area contributed by atoms with Gasteiger partial charge in [0.25, 0.3) is 0 Å². The molecule has 2 rings (SSSR count). The molecule has 0 saturated heterocycles. The fourth-order valence-electron chi connectivity index (χ4n) is 1.85. The Kier molecular flexibility index (Phi) is 1.72. The van der Waals surface area contributed by atoms with Crippen molar-refractivity contribution in [2.24, 2.45) is 0 Å². The summed E-state index contributed by atoms with van der Waals surface area (Å²) in [6.07, 6.45) is 4.52. The second-order valence-corrected chi connectivity index (χ2v) is 4.09. The van der Waals surface area contributed by atoms with Gasteiger partial charge < -0.3 is 0 Å². The zero-order chi connectivity index (χ0) is 8.77. The predicted octanol–water partition coefficient (Wildman–Crippen LogP) is 2.41. The molecule has 1 aromatic rings. The third-order valence-corrected chi connectivity index (χ3v) is 2.68. The molecule has 56 valence electrons. The molecule has 0 aliphatic heterocycles. The van der Waals surface area contributed by atoms with E-state index in [0.29, 0.717) is 0 Å². The molecular weight excluding hydrogens is 139 g/mol. The average molecular weight is 150 g/mol. The molecule has 0 heterocycles. The van der Waals surface area contributed by atoms with Crippen molar-refractivity contribution < 1.29 is 0 Å². The minimum absolute atomic E-state index is 0.237. The van der Waals surface area contributed by atoms with E-state index in [1.54, 1.807) is 0 Å². The van der Waals surface area contributed by atoms with E-state index in [9.17, 15) is 0 Å². The summed E-state index contributed by atoms with van der Waals surface area (Å²) in [7, 11) is 0. The van der Waals surface area contributed by atoms with E-state index in [0.717, 1.165) is 0 Å². The Morgan fingerprint density at radius 3 is 2.75 bits per heavy atom. The van der Waals surface area contributed by atoms with Gasteiger partial charge in [0.05, 0.1) is 0 Å². The molecule has 1 heteroatoms. The van der Waals surface area contributed by atoms with Gasteiger partial charge in [0.1, 0.15) is 0 Å². The van der Waals surface area contributed by atoms with E-state index < -0.39 is 0 Å². The van der Waals surface area contributed by atoms with Crippen molar-refractivity contribution in [3.63, 3.8) is 0 Å². The summed E-state index contributed by atoms with van der Waals surface area (Å²) in [5, 5.41) is 0. The number of rotatable bonds is 0. The zero-order valence-electron chi connectivity index (χ0n) is 7.89. The van der Waals surface area contributed by atoms with Crippen LogP contribution in [0.3, 0.4) is 0 Å². The third-order valence-electron chi connectivity index (χ3n) is 2.68. The van der Waals surface area contributed by atoms with Crippen molar-refractivity contribution in [3.8, 4) is 0 Å². The van der Waals surface area contributed by atoms with E-state index in [4.69, 9.17) is 0 Å². The van der Waals surface area contributed by atoms with Gasteiger partial charge >= 0.3 is 82.7 Å². The first-order chi connectivity index (χ1) is 5.61. The Hall–Kier alpha value is -0.443. The molecule has 1 aromatic carbocycles. The first kappa shape index (κ1) is 8.17. The Labute approximate surface area is 82.9 Å². The molecule has 0 aromatic heterocycles.